The Labute approximate surface area is 152 Å². The number of aryl methyl sites for hydroxylation is 1. The van der Waals surface area contributed by atoms with Gasteiger partial charge >= 0.3 is 6.01 Å². The van der Waals surface area contributed by atoms with Crippen LogP contribution in [-0.4, -0.2) is 16.1 Å². The maximum atomic E-state index is 5.88. The lowest BCUT2D eigenvalue weighted by Crippen LogP contribution is -2.12. The van der Waals surface area contributed by atoms with Gasteiger partial charge in [-0.1, -0.05) is 65.2 Å². The first-order valence-electron chi connectivity index (χ1n) is 10.1. The fraction of sp³-hybridized carbons (Fsp3) is 0.714. The monoisotopic (exact) mass is 346 g/mol. The SMILES string of the molecule is CCCCCCCCCCc1cc2cnc(OC(C)CCC)nc2o1. The Kier molecular flexibility index (Phi) is 8.78. The number of ether oxygens (including phenoxy) is 1. The molecule has 0 saturated carbocycles. The Morgan fingerprint density at radius 2 is 1.72 bits per heavy atom. The fourth-order valence-electron chi connectivity index (χ4n) is 3.13. The second-order valence-electron chi connectivity index (χ2n) is 7.07. The number of hydrogen-bond acceptors (Lipinski definition) is 4. The average molecular weight is 347 g/mol. The second kappa shape index (κ2) is 11.1. The molecule has 0 amide bonds. The summed E-state index contributed by atoms with van der Waals surface area (Å²) in [5.74, 6) is 1.01. The van der Waals surface area contributed by atoms with Gasteiger partial charge in [0.25, 0.3) is 0 Å². The van der Waals surface area contributed by atoms with Crippen molar-refractivity contribution in [2.24, 2.45) is 0 Å². The van der Waals surface area contributed by atoms with Crippen LogP contribution in [0.2, 0.25) is 0 Å². The first-order valence-corrected chi connectivity index (χ1v) is 10.1. The Morgan fingerprint density at radius 1 is 1.00 bits per heavy atom. The number of nitrogens with zero attached hydrogens (tertiary/aromatic N) is 2. The van der Waals surface area contributed by atoms with Crippen molar-refractivity contribution in [3.8, 4) is 6.01 Å². The van der Waals surface area contributed by atoms with E-state index >= 15 is 0 Å². The molecule has 0 saturated heterocycles. The summed E-state index contributed by atoms with van der Waals surface area (Å²) < 4.78 is 11.6. The topological polar surface area (TPSA) is 48.2 Å². The molecule has 0 aliphatic rings. The van der Waals surface area contributed by atoms with Gasteiger partial charge in [0.15, 0.2) is 0 Å². The van der Waals surface area contributed by atoms with Gasteiger partial charge in [-0.05, 0) is 25.8 Å². The second-order valence-corrected chi connectivity index (χ2v) is 7.07. The molecule has 2 heterocycles. The molecule has 0 radical (unpaired) electrons. The first kappa shape index (κ1) is 19.7. The van der Waals surface area contributed by atoms with E-state index in [0.717, 1.165) is 30.4 Å². The Bertz CT molecular complexity index is 609. The van der Waals surface area contributed by atoms with Crippen molar-refractivity contribution >= 4 is 11.1 Å². The summed E-state index contributed by atoms with van der Waals surface area (Å²) in [6.45, 7) is 6.46. The lowest BCUT2D eigenvalue weighted by Gasteiger charge is -2.10. The van der Waals surface area contributed by atoms with Crippen molar-refractivity contribution in [2.45, 2.75) is 97.5 Å². The Balaban J connectivity index is 1.75. The van der Waals surface area contributed by atoms with Gasteiger partial charge in [0.2, 0.25) is 5.71 Å². The molecule has 0 spiro atoms. The quantitative estimate of drug-likeness (QED) is 0.390. The number of hydrogen-bond donors (Lipinski definition) is 0. The summed E-state index contributed by atoms with van der Waals surface area (Å²) in [6.07, 6.45) is 15.6. The smallest absolute Gasteiger partial charge is 0.319 e. The van der Waals surface area contributed by atoms with E-state index in [1.807, 2.05) is 6.92 Å². The van der Waals surface area contributed by atoms with Crippen LogP contribution in [0.4, 0.5) is 0 Å². The molecule has 140 valence electrons. The third-order valence-electron chi connectivity index (χ3n) is 4.58. The zero-order valence-electron chi connectivity index (χ0n) is 16.2. The van der Waals surface area contributed by atoms with Gasteiger partial charge in [-0.25, -0.2) is 4.98 Å². The van der Waals surface area contributed by atoms with Crippen LogP contribution in [0.5, 0.6) is 6.01 Å². The van der Waals surface area contributed by atoms with Gasteiger partial charge in [0, 0.05) is 12.6 Å². The number of aromatic nitrogens is 2. The van der Waals surface area contributed by atoms with Crippen LogP contribution in [0.1, 0.15) is 90.7 Å². The van der Waals surface area contributed by atoms with E-state index in [-0.39, 0.29) is 6.10 Å². The number of unbranched alkanes of at least 4 members (excludes halogenated alkanes) is 7. The van der Waals surface area contributed by atoms with Crippen LogP contribution in [0.15, 0.2) is 16.7 Å². The summed E-state index contributed by atoms with van der Waals surface area (Å²) in [6, 6.07) is 2.48. The predicted molar refractivity (Wildman–Crippen MR) is 103 cm³/mol. The molecule has 0 fully saturated rings. The first-order chi connectivity index (χ1) is 12.2. The molecular weight excluding hydrogens is 312 g/mol. The van der Waals surface area contributed by atoms with Crippen molar-refractivity contribution in [1.82, 2.24) is 9.97 Å². The van der Waals surface area contributed by atoms with Crippen molar-refractivity contribution < 1.29 is 9.15 Å². The minimum atomic E-state index is 0.134. The predicted octanol–water partition coefficient (Wildman–Crippen LogP) is 6.47. The van der Waals surface area contributed by atoms with Crippen LogP contribution in [0.3, 0.4) is 0 Å². The van der Waals surface area contributed by atoms with E-state index in [2.05, 4.69) is 29.9 Å². The standard InChI is InChI=1S/C21H34N2O2/c1-4-6-7-8-9-10-11-12-14-19-15-18-16-22-21(23-20(18)25-19)24-17(3)13-5-2/h15-17H,4-14H2,1-3H3. The van der Waals surface area contributed by atoms with Crippen LogP contribution in [0.25, 0.3) is 11.1 Å². The van der Waals surface area contributed by atoms with Gasteiger partial charge in [-0.2, -0.15) is 4.98 Å². The summed E-state index contributed by atoms with van der Waals surface area (Å²) in [5.41, 5.74) is 0.642. The van der Waals surface area contributed by atoms with E-state index in [1.54, 1.807) is 6.20 Å². The van der Waals surface area contributed by atoms with Crippen LogP contribution in [0, 0.1) is 0 Å². The van der Waals surface area contributed by atoms with Gasteiger partial charge < -0.3 is 9.15 Å². The third kappa shape index (κ3) is 7.05. The molecule has 2 aromatic rings. The zero-order chi connectivity index (χ0) is 17.9. The van der Waals surface area contributed by atoms with E-state index < -0.39 is 0 Å². The summed E-state index contributed by atoms with van der Waals surface area (Å²) in [5, 5.41) is 0.963. The molecule has 4 heteroatoms. The van der Waals surface area contributed by atoms with Crippen molar-refractivity contribution in [3.05, 3.63) is 18.0 Å². The van der Waals surface area contributed by atoms with Crippen LogP contribution >= 0.6 is 0 Å². The van der Waals surface area contributed by atoms with Crippen LogP contribution in [-0.2, 0) is 6.42 Å². The highest BCUT2D eigenvalue weighted by Crippen LogP contribution is 2.21. The summed E-state index contributed by atoms with van der Waals surface area (Å²) >= 11 is 0. The molecule has 4 nitrogen and oxygen atoms in total. The molecule has 25 heavy (non-hydrogen) atoms. The molecule has 0 aliphatic heterocycles. The van der Waals surface area contributed by atoms with Crippen molar-refractivity contribution in [2.75, 3.05) is 0 Å². The molecular formula is C21H34N2O2. The van der Waals surface area contributed by atoms with Crippen molar-refractivity contribution in [1.29, 1.82) is 0 Å². The molecule has 2 aromatic heterocycles. The number of furan rings is 1. The van der Waals surface area contributed by atoms with E-state index in [9.17, 15) is 0 Å². The normalized spacial score (nSPS) is 12.6. The summed E-state index contributed by atoms with van der Waals surface area (Å²) in [7, 11) is 0. The van der Waals surface area contributed by atoms with Gasteiger partial charge in [-0.15, -0.1) is 0 Å². The lowest BCUT2D eigenvalue weighted by molar-refractivity contribution is 0.192. The Morgan fingerprint density at radius 3 is 2.44 bits per heavy atom. The van der Waals surface area contributed by atoms with Crippen molar-refractivity contribution in [3.63, 3.8) is 0 Å². The molecule has 0 N–H and O–H groups in total. The molecule has 0 aromatic carbocycles. The highest BCUT2D eigenvalue weighted by molar-refractivity contribution is 5.73. The largest absolute Gasteiger partial charge is 0.460 e. The summed E-state index contributed by atoms with van der Waals surface area (Å²) in [4.78, 5) is 8.70. The maximum Gasteiger partial charge on any atom is 0.319 e. The fourth-order valence-corrected chi connectivity index (χ4v) is 3.13. The van der Waals surface area contributed by atoms with Crippen LogP contribution < -0.4 is 4.74 Å². The van der Waals surface area contributed by atoms with Gasteiger partial charge in [0.1, 0.15) is 5.76 Å². The maximum absolute atomic E-state index is 5.88. The minimum Gasteiger partial charge on any atom is -0.460 e. The van der Waals surface area contributed by atoms with Gasteiger partial charge in [-0.3, -0.25) is 0 Å². The zero-order valence-corrected chi connectivity index (χ0v) is 16.2. The Hall–Kier alpha value is -1.58. The number of rotatable bonds is 13. The lowest BCUT2D eigenvalue weighted by atomic mass is 10.1. The van der Waals surface area contributed by atoms with E-state index in [4.69, 9.17) is 9.15 Å². The van der Waals surface area contributed by atoms with E-state index in [0.29, 0.717) is 11.7 Å². The third-order valence-corrected chi connectivity index (χ3v) is 4.58. The minimum absolute atomic E-state index is 0.134. The highest BCUT2D eigenvalue weighted by Gasteiger charge is 2.10. The average Bonchev–Trinajstić information content (AvgIpc) is 2.99. The highest BCUT2D eigenvalue weighted by atomic mass is 16.5. The molecule has 0 bridgehead atoms. The molecule has 2 rings (SSSR count). The number of fused-ring (bicyclic) bond motifs is 1. The van der Waals surface area contributed by atoms with Gasteiger partial charge in [0.05, 0.1) is 11.5 Å². The molecule has 1 atom stereocenters. The molecule has 1 unspecified atom stereocenters. The van der Waals surface area contributed by atoms with E-state index in [1.165, 1.54) is 51.4 Å². The molecule has 0 aliphatic carbocycles.